The van der Waals surface area contributed by atoms with Crippen molar-refractivity contribution in [3.8, 4) is 0 Å². The molecule has 0 N–H and O–H groups in total. The van der Waals surface area contributed by atoms with Crippen LogP contribution in [-0.2, 0) is 9.47 Å². The molecule has 0 unspecified atom stereocenters. The van der Waals surface area contributed by atoms with Gasteiger partial charge in [0.2, 0.25) is 0 Å². The highest BCUT2D eigenvalue weighted by molar-refractivity contribution is 4.50. The largest absolute Gasteiger partial charge is 0.382 e. The first-order valence-corrected chi connectivity index (χ1v) is 11.0. The van der Waals surface area contributed by atoms with Crippen molar-refractivity contribution in [2.24, 2.45) is 0 Å². The molecule has 0 aromatic rings. The Morgan fingerprint density at radius 2 is 0.792 bits per heavy atom. The van der Waals surface area contributed by atoms with Crippen LogP contribution in [0.1, 0.15) is 116 Å². The highest BCUT2D eigenvalue weighted by Crippen LogP contribution is 2.13. The van der Waals surface area contributed by atoms with Crippen LogP contribution in [0.4, 0.5) is 0 Å². The molecule has 0 radical (unpaired) electrons. The van der Waals surface area contributed by atoms with Crippen LogP contribution in [0.15, 0.2) is 0 Å². The van der Waals surface area contributed by atoms with Gasteiger partial charge in [-0.1, -0.05) is 110 Å². The highest BCUT2D eigenvalue weighted by atomic mass is 16.5. The molecule has 0 rings (SSSR count). The minimum Gasteiger partial charge on any atom is -0.382 e. The van der Waals surface area contributed by atoms with E-state index in [4.69, 9.17) is 9.47 Å². The molecule has 0 heterocycles. The van der Waals surface area contributed by atoms with Gasteiger partial charge in [0.15, 0.2) is 0 Å². The van der Waals surface area contributed by atoms with Crippen LogP contribution in [0.2, 0.25) is 0 Å². The van der Waals surface area contributed by atoms with E-state index in [2.05, 4.69) is 6.92 Å². The molecule has 0 saturated carbocycles. The molecular formula is C22H46O2. The molecule has 0 aliphatic rings. The van der Waals surface area contributed by atoms with Crippen LogP contribution < -0.4 is 0 Å². The van der Waals surface area contributed by atoms with E-state index in [1.54, 1.807) is 7.11 Å². The van der Waals surface area contributed by atoms with Gasteiger partial charge in [0.05, 0.1) is 13.2 Å². The van der Waals surface area contributed by atoms with E-state index in [1.165, 1.54) is 109 Å². The van der Waals surface area contributed by atoms with Crippen molar-refractivity contribution in [1.82, 2.24) is 0 Å². The number of unbranched alkanes of at least 4 members (excludes halogenated alkanes) is 16. The summed E-state index contributed by atoms with van der Waals surface area (Å²) in [6.07, 6.45) is 24.2. The first-order chi connectivity index (χ1) is 11.9. The van der Waals surface area contributed by atoms with E-state index in [-0.39, 0.29) is 0 Å². The van der Waals surface area contributed by atoms with Gasteiger partial charge >= 0.3 is 0 Å². The summed E-state index contributed by atoms with van der Waals surface area (Å²) in [5.74, 6) is 0. The Bertz CT molecular complexity index is 184. The van der Waals surface area contributed by atoms with Crippen molar-refractivity contribution < 1.29 is 9.47 Å². The molecule has 0 aliphatic carbocycles. The molecule has 0 fully saturated rings. The topological polar surface area (TPSA) is 18.5 Å². The average Bonchev–Trinajstić information content (AvgIpc) is 2.60. The van der Waals surface area contributed by atoms with Crippen LogP contribution in [-0.4, -0.2) is 26.9 Å². The summed E-state index contributed by atoms with van der Waals surface area (Å²) in [6, 6.07) is 0. The van der Waals surface area contributed by atoms with Crippen LogP contribution in [0, 0.1) is 0 Å². The molecule has 2 nitrogen and oxygen atoms in total. The zero-order chi connectivity index (χ0) is 17.6. The third-order valence-corrected chi connectivity index (χ3v) is 4.82. The summed E-state index contributed by atoms with van der Waals surface area (Å²) in [6.45, 7) is 4.66. The van der Waals surface area contributed by atoms with Gasteiger partial charge in [0.25, 0.3) is 0 Å². The molecule has 0 bridgehead atoms. The second-order valence-electron chi connectivity index (χ2n) is 7.26. The van der Waals surface area contributed by atoms with E-state index < -0.39 is 0 Å². The molecule has 146 valence electrons. The zero-order valence-corrected chi connectivity index (χ0v) is 17.0. The maximum Gasteiger partial charge on any atom is 0.0700 e. The Labute approximate surface area is 153 Å². The van der Waals surface area contributed by atoms with Crippen LogP contribution in [0.25, 0.3) is 0 Å². The van der Waals surface area contributed by atoms with Crippen molar-refractivity contribution >= 4 is 0 Å². The second kappa shape index (κ2) is 22.9. The fraction of sp³-hybridized carbons (Fsp3) is 1.00. The minimum atomic E-state index is 0.721. The molecule has 0 aromatic heterocycles. The molecule has 0 aliphatic heterocycles. The fourth-order valence-electron chi connectivity index (χ4n) is 3.17. The first kappa shape index (κ1) is 23.9. The summed E-state index contributed by atoms with van der Waals surface area (Å²) < 4.78 is 10.4. The lowest BCUT2D eigenvalue weighted by Crippen LogP contribution is -2.02. The Morgan fingerprint density at radius 3 is 1.17 bits per heavy atom. The number of ether oxygens (including phenoxy) is 2. The maximum absolute atomic E-state index is 5.47. The lowest BCUT2D eigenvalue weighted by Gasteiger charge is -2.04. The molecule has 0 saturated heterocycles. The molecule has 0 amide bonds. The third-order valence-electron chi connectivity index (χ3n) is 4.82. The molecule has 24 heavy (non-hydrogen) atoms. The lowest BCUT2D eigenvalue weighted by molar-refractivity contribution is 0.0685. The number of methoxy groups -OCH3 is 1. The fourth-order valence-corrected chi connectivity index (χ4v) is 3.17. The Kier molecular flexibility index (Phi) is 22.8. The standard InChI is InChI=1S/C22H46O2/c1-3-4-5-6-7-8-9-10-11-12-13-14-15-16-17-18-19-20-24-22-21-23-2/h3-22H2,1-2H3. The normalized spacial score (nSPS) is 11.2. The van der Waals surface area contributed by atoms with Gasteiger partial charge in [-0.25, -0.2) is 0 Å². The Morgan fingerprint density at radius 1 is 0.417 bits per heavy atom. The van der Waals surface area contributed by atoms with Crippen molar-refractivity contribution in [2.45, 2.75) is 116 Å². The smallest absolute Gasteiger partial charge is 0.0700 e. The van der Waals surface area contributed by atoms with E-state index in [0.717, 1.165) is 19.8 Å². The van der Waals surface area contributed by atoms with Gasteiger partial charge in [-0.2, -0.15) is 0 Å². The van der Waals surface area contributed by atoms with Crippen LogP contribution in [0.3, 0.4) is 0 Å². The number of hydrogen-bond acceptors (Lipinski definition) is 2. The maximum atomic E-state index is 5.47. The zero-order valence-electron chi connectivity index (χ0n) is 17.0. The van der Waals surface area contributed by atoms with Crippen molar-refractivity contribution in [1.29, 1.82) is 0 Å². The van der Waals surface area contributed by atoms with E-state index in [9.17, 15) is 0 Å². The van der Waals surface area contributed by atoms with E-state index in [1.807, 2.05) is 0 Å². The molecule has 0 spiro atoms. The van der Waals surface area contributed by atoms with Gasteiger partial charge in [-0.3, -0.25) is 0 Å². The van der Waals surface area contributed by atoms with Gasteiger partial charge < -0.3 is 9.47 Å². The predicted octanol–water partition coefficient (Wildman–Crippen LogP) is 7.30. The minimum absolute atomic E-state index is 0.721. The quantitative estimate of drug-likeness (QED) is 0.204. The van der Waals surface area contributed by atoms with E-state index in [0.29, 0.717) is 0 Å². The summed E-state index contributed by atoms with van der Waals surface area (Å²) in [4.78, 5) is 0. The van der Waals surface area contributed by atoms with Gasteiger partial charge in [-0.15, -0.1) is 0 Å². The van der Waals surface area contributed by atoms with Crippen LogP contribution >= 0.6 is 0 Å². The van der Waals surface area contributed by atoms with Crippen molar-refractivity contribution in [3.05, 3.63) is 0 Å². The molecule has 0 atom stereocenters. The van der Waals surface area contributed by atoms with Crippen molar-refractivity contribution in [2.75, 3.05) is 26.9 Å². The monoisotopic (exact) mass is 342 g/mol. The molecule has 0 aromatic carbocycles. The van der Waals surface area contributed by atoms with E-state index >= 15 is 0 Å². The predicted molar refractivity (Wildman–Crippen MR) is 107 cm³/mol. The summed E-state index contributed by atoms with van der Waals surface area (Å²) >= 11 is 0. The first-order valence-electron chi connectivity index (χ1n) is 11.0. The number of rotatable bonds is 21. The third kappa shape index (κ3) is 21.9. The van der Waals surface area contributed by atoms with Gasteiger partial charge in [0, 0.05) is 13.7 Å². The second-order valence-corrected chi connectivity index (χ2v) is 7.26. The Balaban J connectivity index is 2.93. The SMILES string of the molecule is CCCCCCCCCCCCCCCCCCCOCCOC. The molecule has 2 heteroatoms. The van der Waals surface area contributed by atoms with Gasteiger partial charge in [0.1, 0.15) is 0 Å². The summed E-state index contributed by atoms with van der Waals surface area (Å²) in [5.41, 5.74) is 0. The highest BCUT2D eigenvalue weighted by Gasteiger charge is 1.95. The Hall–Kier alpha value is -0.0800. The van der Waals surface area contributed by atoms with Gasteiger partial charge in [-0.05, 0) is 6.42 Å². The van der Waals surface area contributed by atoms with Crippen molar-refractivity contribution in [3.63, 3.8) is 0 Å². The summed E-state index contributed by atoms with van der Waals surface area (Å²) in [5, 5.41) is 0. The average molecular weight is 343 g/mol. The summed E-state index contributed by atoms with van der Waals surface area (Å²) in [7, 11) is 1.72. The van der Waals surface area contributed by atoms with Crippen LogP contribution in [0.5, 0.6) is 0 Å². The number of hydrogen-bond donors (Lipinski definition) is 0. The lowest BCUT2D eigenvalue weighted by atomic mass is 10.0. The molecular weight excluding hydrogens is 296 g/mol.